The van der Waals surface area contributed by atoms with Gasteiger partial charge in [0.15, 0.2) is 0 Å². The molecule has 0 spiro atoms. The van der Waals surface area contributed by atoms with Gasteiger partial charge >= 0.3 is 5.97 Å². The fourth-order valence-corrected chi connectivity index (χ4v) is 1.87. The molecule has 0 fully saturated rings. The number of hydrogen-bond donors (Lipinski definition) is 2. The molecule has 0 bridgehead atoms. The van der Waals surface area contributed by atoms with E-state index in [1.54, 1.807) is 13.8 Å². The van der Waals surface area contributed by atoms with Crippen LogP contribution in [0.15, 0.2) is 24.3 Å². The van der Waals surface area contributed by atoms with Gasteiger partial charge in [0.1, 0.15) is 0 Å². The van der Waals surface area contributed by atoms with Crippen molar-refractivity contribution in [3.05, 3.63) is 35.4 Å². The van der Waals surface area contributed by atoms with Gasteiger partial charge in [-0.25, -0.2) is 0 Å². The summed E-state index contributed by atoms with van der Waals surface area (Å²) in [6.45, 7) is 11.1. The first kappa shape index (κ1) is 15.7. The molecule has 0 radical (unpaired) electrons. The van der Waals surface area contributed by atoms with Gasteiger partial charge in [0.2, 0.25) is 0 Å². The summed E-state index contributed by atoms with van der Waals surface area (Å²) in [6, 6.07) is 8.50. The maximum absolute atomic E-state index is 11.0. The predicted molar refractivity (Wildman–Crippen MR) is 78.5 cm³/mol. The maximum atomic E-state index is 11.0. The molecule has 0 atom stereocenters. The van der Waals surface area contributed by atoms with E-state index >= 15 is 0 Å². The Labute approximate surface area is 116 Å². The van der Waals surface area contributed by atoms with Gasteiger partial charge in [-0.1, -0.05) is 43.7 Å². The average Bonchev–Trinajstić information content (AvgIpc) is 2.28. The quantitative estimate of drug-likeness (QED) is 0.829. The van der Waals surface area contributed by atoms with Gasteiger partial charge in [-0.2, -0.15) is 0 Å². The Bertz CT molecular complexity index is 433. The fraction of sp³-hybridized carbons (Fsp3) is 0.562. The number of nitrogens with one attached hydrogen (secondary N) is 1. The Morgan fingerprint density at radius 2 is 1.63 bits per heavy atom. The second-order valence-corrected chi connectivity index (χ2v) is 6.54. The average molecular weight is 263 g/mol. The lowest BCUT2D eigenvalue weighted by Crippen LogP contribution is -2.41. The minimum atomic E-state index is -0.770. The minimum absolute atomic E-state index is 0.0116. The Morgan fingerprint density at radius 1 is 1.11 bits per heavy atom. The molecule has 0 amide bonds. The summed E-state index contributed by atoms with van der Waals surface area (Å²) in [7, 11) is 0. The summed E-state index contributed by atoms with van der Waals surface area (Å²) in [5.41, 5.74) is 1.77. The highest BCUT2D eigenvalue weighted by Crippen LogP contribution is 2.23. The number of aliphatic carboxylic acids is 1. The van der Waals surface area contributed by atoms with Gasteiger partial charge in [-0.15, -0.1) is 0 Å². The number of hydrogen-bond acceptors (Lipinski definition) is 2. The Balaban J connectivity index is 2.61. The first-order valence-electron chi connectivity index (χ1n) is 6.66. The Morgan fingerprint density at radius 3 is 2.11 bits per heavy atom. The number of carboxylic acids is 1. The zero-order valence-electron chi connectivity index (χ0n) is 12.6. The van der Waals surface area contributed by atoms with E-state index in [1.807, 2.05) is 0 Å². The summed E-state index contributed by atoms with van der Waals surface area (Å²) >= 11 is 0. The van der Waals surface area contributed by atoms with E-state index in [2.05, 4.69) is 50.4 Å². The maximum Gasteiger partial charge on any atom is 0.310 e. The smallest absolute Gasteiger partial charge is 0.310 e. The summed E-state index contributed by atoms with van der Waals surface area (Å²) < 4.78 is 0. The first-order valence-corrected chi connectivity index (χ1v) is 6.66. The van der Waals surface area contributed by atoms with Crippen LogP contribution in [0.3, 0.4) is 0 Å². The number of benzene rings is 1. The lowest BCUT2D eigenvalue weighted by atomic mass is 9.83. The van der Waals surface area contributed by atoms with Gasteiger partial charge in [0, 0.05) is 18.5 Å². The van der Waals surface area contributed by atoms with Gasteiger partial charge in [-0.05, 0) is 26.3 Å². The van der Waals surface area contributed by atoms with Crippen LogP contribution in [0.1, 0.15) is 38.8 Å². The third-order valence-electron chi connectivity index (χ3n) is 3.55. The van der Waals surface area contributed by atoms with E-state index in [0.717, 1.165) is 6.54 Å². The van der Waals surface area contributed by atoms with Crippen molar-refractivity contribution in [1.82, 2.24) is 5.32 Å². The van der Waals surface area contributed by atoms with Gasteiger partial charge in [-0.3, -0.25) is 4.79 Å². The Hall–Kier alpha value is -1.35. The molecule has 0 saturated carbocycles. The highest BCUT2D eigenvalue weighted by atomic mass is 16.4. The van der Waals surface area contributed by atoms with Crippen LogP contribution in [0.5, 0.6) is 0 Å². The molecule has 1 rings (SSSR count). The van der Waals surface area contributed by atoms with Gasteiger partial charge in [0.25, 0.3) is 0 Å². The third-order valence-corrected chi connectivity index (χ3v) is 3.55. The molecule has 1 aromatic carbocycles. The van der Waals surface area contributed by atoms with Crippen molar-refractivity contribution in [2.75, 3.05) is 13.1 Å². The van der Waals surface area contributed by atoms with Crippen LogP contribution in [0.2, 0.25) is 0 Å². The molecule has 3 nitrogen and oxygen atoms in total. The van der Waals surface area contributed by atoms with E-state index in [0.29, 0.717) is 6.54 Å². The summed E-state index contributed by atoms with van der Waals surface area (Å²) in [5, 5.41) is 12.4. The molecule has 3 heteroatoms. The van der Waals surface area contributed by atoms with Crippen molar-refractivity contribution < 1.29 is 9.90 Å². The number of carboxylic acid groups (broad SMARTS) is 1. The number of carbonyl (C=O) groups is 1. The fourth-order valence-electron chi connectivity index (χ4n) is 1.87. The molecular weight excluding hydrogens is 238 g/mol. The molecule has 0 aliphatic heterocycles. The molecule has 19 heavy (non-hydrogen) atoms. The predicted octanol–water partition coefficient (Wildman–Crippen LogP) is 2.97. The van der Waals surface area contributed by atoms with Crippen LogP contribution in [0, 0.1) is 12.3 Å². The van der Waals surface area contributed by atoms with Crippen molar-refractivity contribution >= 4 is 5.97 Å². The molecule has 106 valence electrons. The van der Waals surface area contributed by atoms with E-state index in [-0.39, 0.29) is 5.41 Å². The summed E-state index contributed by atoms with van der Waals surface area (Å²) in [5.74, 6) is -0.770. The van der Waals surface area contributed by atoms with Crippen LogP contribution in [-0.4, -0.2) is 24.2 Å². The van der Waals surface area contributed by atoms with E-state index in [9.17, 15) is 4.79 Å². The lowest BCUT2D eigenvalue weighted by Gasteiger charge is -2.28. The first-order chi connectivity index (χ1) is 8.65. The molecule has 0 heterocycles. The van der Waals surface area contributed by atoms with Crippen molar-refractivity contribution in [2.45, 2.75) is 40.0 Å². The number of rotatable bonds is 6. The van der Waals surface area contributed by atoms with Crippen LogP contribution in [0.25, 0.3) is 0 Å². The zero-order valence-corrected chi connectivity index (χ0v) is 12.6. The zero-order chi connectivity index (χ0) is 14.7. The van der Waals surface area contributed by atoms with Crippen LogP contribution < -0.4 is 5.32 Å². The van der Waals surface area contributed by atoms with Crippen LogP contribution >= 0.6 is 0 Å². The topological polar surface area (TPSA) is 49.3 Å². The lowest BCUT2D eigenvalue weighted by molar-refractivity contribution is -0.146. The van der Waals surface area contributed by atoms with Crippen LogP contribution in [-0.2, 0) is 10.2 Å². The van der Waals surface area contributed by atoms with Gasteiger partial charge in [0.05, 0.1) is 5.41 Å². The van der Waals surface area contributed by atoms with E-state index in [4.69, 9.17) is 5.11 Å². The van der Waals surface area contributed by atoms with Gasteiger partial charge < -0.3 is 10.4 Å². The van der Waals surface area contributed by atoms with Crippen molar-refractivity contribution in [1.29, 1.82) is 0 Å². The highest BCUT2D eigenvalue weighted by molar-refractivity contribution is 5.73. The van der Waals surface area contributed by atoms with Crippen molar-refractivity contribution in [3.8, 4) is 0 Å². The van der Waals surface area contributed by atoms with Crippen molar-refractivity contribution in [3.63, 3.8) is 0 Å². The molecule has 2 N–H and O–H groups in total. The van der Waals surface area contributed by atoms with E-state index in [1.165, 1.54) is 11.1 Å². The molecule has 0 aliphatic rings. The molecule has 0 saturated heterocycles. The van der Waals surface area contributed by atoms with Crippen molar-refractivity contribution in [2.24, 2.45) is 5.41 Å². The second-order valence-electron chi connectivity index (χ2n) is 6.54. The summed E-state index contributed by atoms with van der Waals surface area (Å²) in [4.78, 5) is 11.0. The molecule has 0 aromatic heterocycles. The SMILES string of the molecule is Cc1ccc(C(C)(C)CNCC(C)(C)C(=O)O)cc1. The molecule has 0 unspecified atom stereocenters. The molecular formula is C16H25NO2. The normalized spacial score (nSPS) is 12.5. The third kappa shape index (κ3) is 4.35. The second kappa shape index (κ2) is 5.74. The molecule has 0 aliphatic carbocycles. The van der Waals surface area contributed by atoms with Crippen LogP contribution in [0.4, 0.5) is 0 Å². The number of aryl methyl sites for hydroxylation is 1. The van der Waals surface area contributed by atoms with E-state index < -0.39 is 11.4 Å². The standard InChI is InChI=1S/C16H25NO2/c1-12-6-8-13(9-7-12)15(2,3)10-17-11-16(4,5)14(18)19/h6-9,17H,10-11H2,1-5H3,(H,18,19). The Kier molecular flexibility index (Phi) is 4.75. The highest BCUT2D eigenvalue weighted by Gasteiger charge is 2.28. The monoisotopic (exact) mass is 263 g/mol. The largest absolute Gasteiger partial charge is 0.481 e. The summed E-state index contributed by atoms with van der Waals surface area (Å²) in [6.07, 6.45) is 0. The molecule has 1 aromatic rings. The minimum Gasteiger partial charge on any atom is -0.481 e.